The summed E-state index contributed by atoms with van der Waals surface area (Å²) in [5.74, 6) is 0.0626. The number of carbonyl (C=O) groups is 1. The monoisotopic (exact) mass is 330 g/mol. The quantitative estimate of drug-likeness (QED) is 0.588. The maximum absolute atomic E-state index is 11.4. The Kier molecular flexibility index (Phi) is 3.76. The van der Waals surface area contributed by atoms with Crippen molar-refractivity contribution in [2.24, 2.45) is 0 Å². The van der Waals surface area contributed by atoms with Crippen LogP contribution in [0.25, 0.3) is 0 Å². The van der Waals surface area contributed by atoms with E-state index in [0.717, 1.165) is 4.47 Å². The normalized spacial score (nSPS) is 13.0. The van der Waals surface area contributed by atoms with Crippen LogP contribution in [0.1, 0.15) is 16.6 Å². The first-order valence-corrected chi connectivity index (χ1v) is 6.06. The number of thiophene rings is 1. The maximum atomic E-state index is 11.4. The fourth-order valence-electron chi connectivity index (χ4n) is 0.664. The molecule has 1 atom stereocenters. The Balaban J connectivity index is 2.97. The molecule has 5 heteroatoms. The average Bonchev–Trinajstić information content (AvgIpc) is 2.30. The first kappa shape index (κ1) is 10.7. The van der Waals surface area contributed by atoms with E-state index < -0.39 is 0 Å². The molecule has 0 aliphatic carbocycles. The molecule has 1 aromatic heterocycles. The van der Waals surface area contributed by atoms with Gasteiger partial charge in [-0.2, -0.15) is 0 Å². The van der Waals surface area contributed by atoms with E-state index in [-0.39, 0.29) is 10.6 Å². The van der Waals surface area contributed by atoms with E-state index >= 15 is 0 Å². The Hall–Kier alpha value is 0.620. The highest BCUT2D eigenvalue weighted by Crippen LogP contribution is 2.33. The van der Waals surface area contributed by atoms with Crippen LogP contribution in [0.4, 0.5) is 0 Å². The second-order valence-corrected chi connectivity index (χ2v) is 6.09. The number of rotatable bonds is 2. The van der Waals surface area contributed by atoms with Crippen molar-refractivity contribution in [1.82, 2.24) is 0 Å². The second-order valence-electron chi connectivity index (χ2n) is 2.21. The Labute approximate surface area is 96.4 Å². The van der Waals surface area contributed by atoms with Crippen LogP contribution in [0.15, 0.2) is 10.5 Å². The Bertz CT molecular complexity index is 289. The zero-order valence-electron chi connectivity index (χ0n) is 6.11. The summed E-state index contributed by atoms with van der Waals surface area (Å²) in [5, 5.41) is 0. The minimum atomic E-state index is -0.154. The average molecular weight is 332 g/mol. The highest BCUT2D eigenvalue weighted by atomic mass is 79.9. The molecule has 0 fully saturated rings. The van der Waals surface area contributed by atoms with Gasteiger partial charge in [-0.3, -0.25) is 4.79 Å². The molecule has 1 rings (SSSR count). The molecule has 1 nitrogen and oxygen atoms in total. The third-order valence-corrected chi connectivity index (χ3v) is 4.15. The van der Waals surface area contributed by atoms with E-state index in [1.165, 1.54) is 11.3 Å². The van der Waals surface area contributed by atoms with Crippen LogP contribution in [0.5, 0.6) is 0 Å². The molecule has 0 radical (unpaired) electrons. The van der Waals surface area contributed by atoms with Gasteiger partial charge in [0.05, 0.1) is 9.70 Å². The summed E-state index contributed by atoms with van der Waals surface area (Å²) < 4.78 is 1.40. The Morgan fingerprint density at radius 1 is 1.75 bits per heavy atom. The number of carbonyl (C=O) groups excluding carboxylic acids is 1. The number of halogens is 3. The topological polar surface area (TPSA) is 17.1 Å². The lowest BCUT2D eigenvalue weighted by Crippen LogP contribution is -2.07. The van der Waals surface area contributed by atoms with Crippen molar-refractivity contribution in [2.45, 2.75) is 11.8 Å². The van der Waals surface area contributed by atoms with Crippen LogP contribution >= 0.6 is 54.8 Å². The van der Waals surface area contributed by atoms with Gasteiger partial charge < -0.3 is 0 Å². The van der Waals surface area contributed by atoms with Gasteiger partial charge in [0.1, 0.15) is 4.34 Å². The fourth-order valence-corrected chi connectivity index (χ4v) is 2.79. The van der Waals surface area contributed by atoms with Crippen molar-refractivity contribution in [3.63, 3.8) is 0 Å². The van der Waals surface area contributed by atoms with Gasteiger partial charge in [0, 0.05) is 4.47 Å². The van der Waals surface area contributed by atoms with Crippen molar-refractivity contribution in [3.05, 3.63) is 19.8 Å². The van der Waals surface area contributed by atoms with Crippen LogP contribution in [0, 0.1) is 0 Å². The summed E-state index contributed by atoms with van der Waals surface area (Å²) in [5.41, 5.74) is 0. The van der Waals surface area contributed by atoms with Gasteiger partial charge in [0.25, 0.3) is 0 Å². The first-order valence-electron chi connectivity index (χ1n) is 3.15. The molecule has 1 heterocycles. The van der Waals surface area contributed by atoms with E-state index in [2.05, 4.69) is 31.9 Å². The second kappa shape index (κ2) is 4.22. The molecule has 12 heavy (non-hydrogen) atoms. The number of hydrogen-bond donors (Lipinski definition) is 0. The molecule has 0 aliphatic heterocycles. The van der Waals surface area contributed by atoms with E-state index in [4.69, 9.17) is 11.6 Å². The smallest absolute Gasteiger partial charge is 0.186 e. The molecule has 1 unspecified atom stereocenters. The third kappa shape index (κ3) is 2.31. The van der Waals surface area contributed by atoms with Crippen molar-refractivity contribution in [1.29, 1.82) is 0 Å². The fraction of sp³-hybridized carbons (Fsp3) is 0.286. The summed E-state index contributed by atoms with van der Waals surface area (Å²) in [6, 6.07) is 1.74. The van der Waals surface area contributed by atoms with Crippen LogP contribution < -0.4 is 0 Å². The highest BCUT2D eigenvalue weighted by Gasteiger charge is 2.15. The van der Waals surface area contributed by atoms with Crippen molar-refractivity contribution in [2.75, 3.05) is 0 Å². The van der Waals surface area contributed by atoms with E-state index in [0.29, 0.717) is 9.21 Å². The van der Waals surface area contributed by atoms with Crippen molar-refractivity contribution >= 4 is 60.6 Å². The SMILES string of the molecule is CC(Br)C(=O)c1cc(Br)c(Cl)s1. The summed E-state index contributed by atoms with van der Waals surface area (Å²) in [7, 11) is 0. The molecule has 0 saturated carbocycles. The van der Waals surface area contributed by atoms with Crippen LogP contribution in [0.3, 0.4) is 0 Å². The van der Waals surface area contributed by atoms with Crippen molar-refractivity contribution in [3.8, 4) is 0 Å². The molecular formula is C7H5Br2ClOS. The molecule has 66 valence electrons. The summed E-state index contributed by atoms with van der Waals surface area (Å²) in [4.78, 5) is 11.9. The predicted octanol–water partition coefficient (Wildman–Crippen LogP) is 4.13. The summed E-state index contributed by atoms with van der Waals surface area (Å²) in [6.07, 6.45) is 0. The summed E-state index contributed by atoms with van der Waals surface area (Å²) >= 11 is 13.5. The van der Waals surface area contributed by atoms with Crippen LogP contribution in [-0.2, 0) is 0 Å². The van der Waals surface area contributed by atoms with Crippen LogP contribution in [-0.4, -0.2) is 10.6 Å². The van der Waals surface area contributed by atoms with E-state index in [1.807, 2.05) is 0 Å². The number of hydrogen-bond acceptors (Lipinski definition) is 2. The van der Waals surface area contributed by atoms with Gasteiger partial charge in [0.15, 0.2) is 5.78 Å². The molecule has 0 aliphatic rings. The molecule has 0 saturated heterocycles. The maximum Gasteiger partial charge on any atom is 0.186 e. The zero-order chi connectivity index (χ0) is 9.30. The van der Waals surface area contributed by atoms with Gasteiger partial charge in [-0.05, 0) is 28.9 Å². The minimum absolute atomic E-state index is 0.0626. The number of alkyl halides is 1. The Morgan fingerprint density at radius 3 is 2.67 bits per heavy atom. The van der Waals surface area contributed by atoms with Gasteiger partial charge in [-0.15, -0.1) is 11.3 Å². The van der Waals surface area contributed by atoms with E-state index in [1.54, 1.807) is 13.0 Å². The van der Waals surface area contributed by atoms with Gasteiger partial charge >= 0.3 is 0 Å². The lowest BCUT2D eigenvalue weighted by molar-refractivity contribution is 0.0999. The van der Waals surface area contributed by atoms with Crippen LogP contribution in [0.2, 0.25) is 4.34 Å². The molecule has 0 bridgehead atoms. The molecule has 0 N–H and O–H groups in total. The lowest BCUT2D eigenvalue weighted by Gasteiger charge is -1.96. The highest BCUT2D eigenvalue weighted by molar-refractivity contribution is 9.10. The van der Waals surface area contributed by atoms with Crippen molar-refractivity contribution < 1.29 is 4.79 Å². The third-order valence-electron chi connectivity index (χ3n) is 1.25. The molecule has 0 amide bonds. The zero-order valence-corrected chi connectivity index (χ0v) is 10.8. The first-order chi connectivity index (χ1) is 5.52. The minimum Gasteiger partial charge on any atom is -0.292 e. The van der Waals surface area contributed by atoms with Gasteiger partial charge in [0.2, 0.25) is 0 Å². The molecule has 1 aromatic rings. The molecular weight excluding hydrogens is 327 g/mol. The Morgan fingerprint density at radius 2 is 2.33 bits per heavy atom. The largest absolute Gasteiger partial charge is 0.292 e. The van der Waals surface area contributed by atoms with Gasteiger partial charge in [-0.25, -0.2) is 0 Å². The number of Topliss-reactive ketones (excluding diaryl/α,β-unsaturated/α-hetero) is 1. The van der Waals surface area contributed by atoms with Gasteiger partial charge in [-0.1, -0.05) is 27.5 Å². The standard InChI is InChI=1S/C7H5Br2ClOS/c1-3(8)6(11)5-2-4(9)7(10)12-5/h2-3H,1H3. The number of ketones is 1. The summed E-state index contributed by atoms with van der Waals surface area (Å²) in [6.45, 7) is 1.80. The predicted molar refractivity (Wildman–Crippen MR) is 59.7 cm³/mol. The molecule has 0 spiro atoms. The lowest BCUT2D eigenvalue weighted by atomic mass is 10.3. The van der Waals surface area contributed by atoms with E-state index in [9.17, 15) is 4.79 Å². The molecule has 0 aromatic carbocycles.